The van der Waals surface area contributed by atoms with Gasteiger partial charge < -0.3 is 20.7 Å². The fourth-order valence-corrected chi connectivity index (χ4v) is 4.68. The minimum Gasteiger partial charge on any atom is -0.497 e. The molecule has 0 unspecified atom stereocenters. The molecule has 3 aromatic rings. The summed E-state index contributed by atoms with van der Waals surface area (Å²) in [7, 11) is 1.66. The third kappa shape index (κ3) is 7.09. The van der Waals surface area contributed by atoms with E-state index in [1.165, 1.54) is 6.33 Å². The number of nitrogens with two attached hydrogens (primary N) is 1. The van der Waals surface area contributed by atoms with Crippen LogP contribution in [0.1, 0.15) is 20.3 Å². The Hall–Kier alpha value is -2.81. The molecule has 2 aromatic carbocycles. The highest BCUT2D eigenvalue weighted by Crippen LogP contribution is 2.34. The van der Waals surface area contributed by atoms with Crippen molar-refractivity contribution in [3.8, 4) is 16.9 Å². The predicted octanol–water partition coefficient (Wildman–Crippen LogP) is 5.66. The van der Waals surface area contributed by atoms with E-state index >= 15 is 0 Å². The maximum Gasteiger partial charge on any atom is 0.160 e. The first-order valence-electron chi connectivity index (χ1n) is 11.0. The lowest BCUT2D eigenvalue weighted by molar-refractivity contribution is 0.415. The van der Waals surface area contributed by atoms with Gasteiger partial charge in [0.2, 0.25) is 0 Å². The van der Waals surface area contributed by atoms with Crippen LogP contribution in [-0.4, -0.2) is 48.8 Å². The fourth-order valence-electron chi connectivity index (χ4n) is 3.41. The monoisotopic (exact) mass is 498 g/mol. The van der Waals surface area contributed by atoms with Gasteiger partial charge in [-0.15, -0.1) is 11.8 Å². The van der Waals surface area contributed by atoms with Gasteiger partial charge in [-0.2, -0.15) is 0 Å². The lowest BCUT2D eigenvalue weighted by Gasteiger charge is -2.25. The number of methoxy groups -OCH3 is 1. The number of halogens is 1. The van der Waals surface area contributed by atoms with Crippen molar-refractivity contribution in [2.45, 2.75) is 31.2 Å². The molecule has 7 nitrogen and oxygen atoms in total. The number of ether oxygens (including phenoxy) is 1. The SMILES string of the molecule is C=Nc1c(N)ncnc1N(CCCNC(C)C)CSc1cc(Cl)cc(-c2ccc(OC)cc2)c1. The van der Waals surface area contributed by atoms with Gasteiger partial charge in [0, 0.05) is 22.5 Å². The van der Waals surface area contributed by atoms with Crippen LogP contribution >= 0.6 is 23.4 Å². The van der Waals surface area contributed by atoms with Crippen LogP contribution in [0.15, 0.2) is 58.7 Å². The first kappa shape index (κ1) is 25.8. The minimum atomic E-state index is 0.319. The normalized spacial score (nSPS) is 11.0. The third-order valence-electron chi connectivity index (χ3n) is 5.13. The summed E-state index contributed by atoms with van der Waals surface area (Å²) in [5, 5.41) is 4.14. The number of rotatable bonds is 12. The molecule has 3 rings (SSSR count). The molecular formula is C25H31ClN6OS. The smallest absolute Gasteiger partial charge is 0.160 e. The van der Waals surface area contributed by atoms with Crippen LogP contribution in [0.3, 0.4) is 0 Å². The molecule has 0 aliphatic rings. The van der Waals surface area contributed by atoms with Crippen molar-refractivity contribution in [1.29, 1.82) is 0 Å². The van der Waals surface area contributed by atoms with Gasteiger partial charge in [-0.1, -0.05) is 37.6 Å². The largest absolute Gasteiger partial charge is 0.497 e. The second-order valence-electron chi connectivity index (χ2n) is 7.99. The number of thioether (sulfide) groups is 1. The van der Waals surface area contributed by atoms with E-state index in [0.717, 1.165) is 41.3 Å². The Balaban J connectivity index is 1.80. The molecule has 0 saturated heterocycles. The van der Waals surface area contributed by atoms with Crippen LogP contribution in [0.2, 0.25) is 5.02 Å². The lowest BCUT2D eigenvalue weighted by Crippen LogP contribution is -2.30. The molecule has 0 fully saturated rings. The number of hydrogen-bond acceptors (Lipinski definition) is 8. The van der Waals surface area contributed by atoms with Gasteiger partial charge in [0.25, 0.3) is 0 Å². The van der Waals surface area contributed by atoms with Crippen molar-refractivity contribution < 1.29 is 4.74 Å². The molecule has 0 aliphatic heterocycles. The summed E-state index contributed by atoms with van der Waals surface area (Å²) in [6.07, 6.45) is 2.40. The molecule has 1 heterocycles. The molecular weight excluding hydrogens is 468 g/mol. The average molecular weight is 499 g/mol. The van der Waals surface area contributed by atoms with Gasteiger partial charge >= 0.3 is 0 Å². The van der Waals surface area contributed by atoms with E-state index in [9.17, 15) is 0 Å². The van der Waals surface area contributed by atoms with Crippen LogP contribution in [0, 0.1) is 0 Å². The lowest BCUT2D eigenvalue weighted by atomic mass is 10.1. The average Bonchev–Trinajstić information content (AvgIpc) is 2.83. The molecule has 0 amide bonds. The van der Waals surface area contributed by atoms with E-state index in [-0.39, 0.29) is 0 Å². The van der Waals surface area contributed by atoms with Crippen molar-refractivity contribution >= 4 is 47.4 Å². The maximum absolute atomic E-state index is 6.47. The topological polar surface area (TPSA) is 88.7 Å². The van der Waals surface area contributed by atoms with E-state index < -0.39 is 0 Å². The van der Waals surface area contributed by atoms with Gasteiger partial charge in [-0.3, -0.25) is 4.99 Å². The second-order valence-corrected chi connectivity index (χ2v) is 9.45. The Morgan fingerprint density at radius 2 is 1.94 bits per heavy atom. The Bertz CT molecular complexity index is 1090. The zero-order valence-electron chi connectivity index (χ0n) is 19.8. The molecule has 0 atom stereocenters. The van der Waals surface area contributed by atoms with Gasteiger partial charge in [-0.25, -0.2) is 9.97 Å². The number of nitrogen functional groups attached to an aromatic ring is 1. The van der Waals surface area contributed by atoms with Crippen LogP contribution in [0.25, 0.3) is 11.1 Å². The first-order chi connectivity index (χ1) is 16.4. The summed E-state index contributed by atoms with van der Waals surface area (Å²) in [5.41, 5.74) is 8.66. The highest BCUT2D eigenvalue weighted by Gasteiger charge is 2.16. The number of nitrogens with one attached hydrogen (secondary N) is 1. The van der Waals surface area contributed by atoms with E-state index in [2.05, 4.69) is 51.8 Å². The Morgan fingerprint density at radius 3 is 2.62 bits per heavy atom. The fraction of sp³-hybridized carbons (Fsp3) is 0.320. The van der Waals surface area contributed by atoms with Crippen molar-refractivity contribution in [2.24, 2.45) is 4.99 Å². The van der Waals surface area contributed by atoms with Crippen LogP contribution in [-0.2, 0) is 0 Å². The van der Waals surface area contributed by atoms with Crippen LogP contribution < -0.4 is 20.7 Å². The van der Waals surface area contributed by atoms with Crippen molar-refractivity contribution in [3.05, 3.63) is 53.8 Å². The number of anilines is 2. The number of nitrogens with zero attached hydrogens (tertiary/aromatic N) is 4. The summed E-state index contributed by atoms with van der Waals surface area (Å²) in [4.78, 5) is 15.8. The predicted molar refractivity (Wildman–Crippen MR) is 145 cm³/mol. The quantitative estimate of drug-likeness (QED) is 0.144. The van der Waals surface area contributed by atoms with Gasteiger partial charge in [0.15, 0.2) is 11.6 Å². The second kappa shape index (κ2) is 12.6. The standard InChI is InChI=1S/C25H31ClN6OS/c1-17(2)29-10-5-11-32(25-23(28-3)24(27)30-15-31-25)16-34-22-13-19(12-20(26)14-22)18-6-8-21(33-4)9-7-18/h6-9,12-15,17,29H,3,5,10-11,16H2,1-2,4H3,(H2,27,30,31). The molecule has 180 valence electrons. The first-order valence-corrected chi connectivity index (χ1v) is 12.4. The van der Waals surface area contributed by atoms with Gasteiger partial charge in [-0.05, 0) is 61.1 Å². The molecule has 0 radical (unpaired) electrons. The Labute approximate surface area is 210 Å². The zero-order chi connectivity index (χ0) is 24.5. The van der Waals surface area contributed by atoms with E-state index in [1.807, 2.05) is 36.4 Å². The van der Waals surface area contributed by atoms with Crippen LogP contribution in [0.5, 0.6) is 5.75 Å². The van der Waals surface area contributed by atoms with E-state index in [4.69, 9.17) is 22.1 Å². The summed E-state index contributed by atoms with van der Waals surface area (Å²) in [6.45, 7) is 9.61. The highest BCUT2D eigenvalue weighted by atomic mass is 35.5. The molecule has 0 bridgehead atoms. The zero-order valence-corrected chi connectivity index (χ0v) is 21.4. The summed E-state index contributed by atoms with van der Waals surface area (Å²) >= 11 is 8.15. The number of aromatic nitrogens is 2. The Kier molecular flexibility index (Phi) is 9.56. The molecule has 0 aliphatic carbocycles. The molecule has 3 N–H and O–H groups in total. The van der Waals surface area contributed by atoms with Crippen molar-refractivity contribution in [2.75, 3.05) is 36.7 Å². The van der Waals surface area contributed by atoms with E-state index in [0.29, 0.717) is 34.3 Å². The summed E-state index contributed by atoms with van der Waals surface area (Å²) in [5.74, 6) is 2.46. The summed E-state index contributed by atoms with van der Waals surface area (Å²) in [6, 6.07) is 14.4. The molecule has 9 heteroatoms. The molecule has 0 spiro atoms. The van der Waals surface area contributed by atoms with Gasteiger partial charge in [0.05, 0.1) is 13.0 Å². The van der Waals surface area contributed by atoms with Crippen LogP contribution in [0.4, 0.5) is 17.3 Å². The van der Waals surface area contributed by atoms with Crippen molar-refractivity contribution in [3.63, 3.8) is 0 Å². The molecule has 1 aromatic heterocycles. The molecule has 34 heavy (non-hydrogen) atoms. The third-order valence-corrected chi connectivity index (χ3v) is 6.36. The number of aliphatic imine (C=N–C) groups is 1. The Morgan fingerprint density at radius 1 is 1.18 bits per heavy atom. The molecule has 0 saturated carbocycles. The van der Waals surface area contributed by atoms with Gasteiger partial charge in [0.1, 0.15) is 17.8 Å². The van der Waals surface area contributed by atoms with Crippen molar-refractivity contribution in [1.82, 2.24) is 15.3 Å². The van der Waals surface area contributed by atoms with E-state index in [1.54, 1.807) is 18.9 Å². The minimum absolute atomic E-state index is 0.319. The number of benzene rings is 2. The maximum atomic E-state index is 6.47. The number of hydrogen-bond donors (Lipinski definition) is 2. The highest BCUT2D eigenvalue weighted by molar-refractivity contribution is 7.99. The summed E-state index contributed by atoms with van der Waals surface area (Å²) < 4.78 is 5.27.